The van der Waals surface area contributed by atoms with Crippen LogP contribution in [0.4, 0.5) is 11.4 Å². The van der Waals surface area contributed by atoms with Gasteiger partial charge in [-0.2, -0.15) is 0 Å². The lowest BCUT2D eigenvalue weighted by atomic mass is 10.2. The normalized spacial score (nSPS) is 15.8. The van der Waals surface area contributed by atoms with E-state index in [1.165, 1.54) is 16.9 Å². The topological polar surface area (TPSA) is 9.72 Å². The van der Waals surface area contributed by atoms with Crippen molar-refractivity contribution in [3.8, 4) is 0 Å². The van der Waals surface area contributed by atoms with Gasteiger partial charge in [-0.3, -0.25) is 4.90 Å². The maximum absolute atomic E-state index is 2.52. The van der Waals surface area contributed by atoms with Gasteiger partial charge in [0, 0.05) is 58.2 Å². The maximum Gasteiger partial charge on any atom is 0.0367 e. The summed E-state index contributed by atoms with van der Waals surface area (Å²) < 4.78 is 0. The van der Waals surface area contributed by atoms with Gasteiger partial charge in [-0.05, 0) is 29.8 Å². The standard InChI is InChI=1S/C21H27N3/c1-22(2)20-12-10-19(11-13-20)7-6-14-23-15-17-24(18-16-23)21-8-4-3-5-9-21/h3-13H,14-18H2,1-2H3. The summed E-state index contributed by atoms with van der Waals surface area (Å²) in [6.07, 6.45) is 4.51. The summed E-state index contributed by atoms with van der Waals surface area (Å²) in [5.74, 6) is 0. The van der Waals surface area contributed by atoms with Crippen molar-refractivity contribution in [3.05, 3.63) is 66.2 Å². The van der Waals surface area contributed by atoms with Crippen LogP contribution in [0.1, 0.15) is 5.56 Å². The van der Waals surface area contributed by atoms with Crippen LogP contribution in [0.2, 0.25) is 0 Å². The number of nitrogens with zero attached hydrogens (tertiary/aromatic N) is 3. The van der Waals surface area contributed by atoms with Gasteiger partial charge in [0.15, 0.2) is 0 Å². The first kappa shape index (κ1) is 16.6. The molecule has 3 nitrogen and oxygen atoms in total. The molecule has 126 valence electrons. The van der Waals surface area contributed by atoms with Crippen LogP contribution in [0.3, 0.4) is 0 Å². The Bertz CT molecular complexity index is 639. The van der Waals surface area contributed by atoms with Crippen LogP contribution < -0.4 is 9.80 Å². The molecule has 0 amide bonds. The molecule has 1 aliphatic rings. The summed E-state index contributed by atoms with van der Waals surface area (Å²) in [5.41, 5.74) is 3.85. The van der Waals surface area contributed by atoms with E-state index >= 15 is 0 Å². The molecule has 24 heavy (non-hydrogen) atoms. The van der Waals surface area contributed by atoms with E-state index in [9.17, 15) is 0 Å². The Morgan fingerprint density at radius 3 is 2.17 bits per heavy atom. The highest BCUT2D eigenvalue weighted by atomic mass is 15.3. The predicted octanol–water partition coefficient (Wildman–Crippen LogP) is 3.59. The van der Waals surface area contributed by atoms with Gasteiger partial charge in [0.1, 0.15) is 0 Å². The first-order chi connectivity index (χ1) is 11.7. The second-order valence-electron chi connectivity index (χ2n) is 6.51. The van der Waals surface area contributed by atoms with Crippen LogP contribution >= 0.6 is 0 Å². The number of anilines is 2. The fourth-order valence-electron chi connectivity index (χ4n) is 3.05. The molecular formula is C21H27N3. The molecule has 2 aromatic rings. The molecule has 0 aliphatic carbocycles. The lowest BCUT2D eigenvalue weighted by Crippen LogP contribution is -2.46. The summed E-state index contributed by atoms with van der Waals surface area (Å²) in [5, 5.41) is 0. The van der Waals surface area contributed by atoms with Gasteiger partial charge < -0.3 is 9.80 Å². The molecule has 1 fully saturated rings. The zero-order valence-corrected chi connectivity index (χ0v) is 14.7. The fourth-order valence-corrected chi connectivity index (χ4v) is 3.05. The van der Waals surface area contributed by atoms with E-state index in [-0.39, 0.29) is 0 Å². The lowest BCUT2D eigenvalue weighted by molar-refractivity contribution is 0.284. The van der Waals surface area contributed by atoms with Crippen molar-refractivity contribution in [1.29, 1.82) is 0 Å². The van der Waals surface area contributed by atoms with E-state index in [2.05, 4.69) is 95.5 Å². The molecule has 3 heteroatoms. The van der Waals surface area contributed by atoms with Crippen molar-refractivity contribution in [2.75, 3.05) is 56.6 Å². The second kappa shape index (κ2) is 8.02. The molecule has 0 N–H and O–H groups in total. The monoisotopic (exact) mass is 321 g/mol. The Hall–Kier alpha value is -2.26. The minimum Gasteiger partial charge on any atom is -0.378 e. The van der Waals surface area contributed by atoms with E-state index in [1.807, 2.05) is 0 Å². The molecule has 0 radical (unpaired) electrons. The quantitative estimate of drug-likeness (QED) is 0.833. The van der Waals surface area contributed by atoms with Crippen molar-refractivity contribution in [2.24, 2.45) is 0 Å². The first-order valence-electron chi connectivity index (χ1n) is 8.69. The van der Waals surface area contributed by atoms with Gasteiger partial charge in [0.05, 0.1) is 0 Å². The predicted molar refractivity (Wildman–Crippen MR) is 105 cm³/mol. The molecule has 1 heterocycles. The zero-order valence-electron chi connectivity index (χ0n) is 14.7. The highest BCUT2D eigenvalue weighted by Gasteiger charge is 2.15. The highest BCUT2D eigenvalue weighted by Crippen LogP contribution is 2.16. The van der Waals surface area contributed by atoms with Crippen molar-refractivity contribution in [2.45, 2.75) is 0 Å². The van der Waals surface area contributed by atoms with Gasteiger partial charge in [0.2, 0.25) is 0 Å². The van der Waals surface area contributed by atoms with Crippen LogP contribution in [-0.4, -0.2) is 51.7 Å². The van der Waals surface area contributed by atoms with Crippen molar-refractivity contribution >= 4 is 17.5 Å². The van der Waals surface area contributed by atoms with Gasteiger partial charge in [-0.25, -0.2) is 0 Å². The third-order valence-corrected chi connectivity index (χ3v) is 4.58. The van der Waals surface area contributed by atoms with Gasteiger partial charge >= 0.3 is 0 Å². The van der Waals surface area contributed by atoms with Gasteiger partial charge in [-0.15, -0.1) is 0 Å². The number of para-hydroxylation sites is 1. The van der Waals surface area contributed by atoms with E-state index in [4.69, 9.17) is 0 Å². The van der Waals surface area contributed by atoms with E-state index in [0.29, 0.717) is 0 Å². The Balaban J connectivity index is 1.46. The number of hydrogen-bond acceptors (Lipinski definition) is 3. The van der Waals surface area contributed by atoms with Crippen molar-refractivity contribution in [3.63, 3.8) is 0 Å². The molecular weight excluding hydrogens is 294 g/mol. The van der Waals surface area contributed by atoms with Crippen LogP contribution in [0, 0.1) is 0 Å². The highest BCUT2D eigenvalue weighted by molar-refractivity contribution is 5.55. The van der Waals surface area contributed by atoms with E-state index in [1.54, 1.807) is 0 Å². The Morgan fingerprint density at radius 1 is 0.875 bits per heavy atom. The summed E-state index contributed by atoms with van der Waals surface area (Å²) in [6, 6.07) is 19.4. The fraction of sp³-hybridized carbons (Fsp3) is 0.333. The minimum absolute atomic E-state index is 1.03. The van der Waals surface area contributed by atoms with Crippen LogP contribution in [0.15, 0.2) is 60.7 Å². The molecule has 0 aromatic heterocycles. The number of benzene rings is 2. The molecule has 2 aromatic carbocycles. The molecule has 1 aliphatic heterocycles. The van der Waals surface area contributed by atoms with E-state index < -0.39 is 0 Å². The molecule has 0 spiro atoms. The van der Waals surface area contributed by atoms with Crippen molar-refractivity contribution in [1.82, 2.24) is 4.90 Å². The molecule has 0 bridgehead atoms. The Kier molecular flexibility index (Phi) is 5.55. The Labute approximate surface area is 145 Å². The average Bonchev–Trinajstić information content (AvgIpc) is 2.63. The third kappa shape index (κ3) is 4.39. The summed E-state index contributed by atoms with van der Waals surface area (Å²) >= 11 is 0. The average molecular weight is 321 g/mol. The van der Waals surface area contributed by atoms with E-state index in [0.717, 1.165) is 32.7 Å². The lowest BCUT2D eigenvalue weighted by Gasteiger charge is -2.35. The molecule has 1 saturated heterocycles. The summed E-state index contributed by atoms with van der Waals surface area (Å²) in [6.45, 7) is 5.49. The maximum atomic E-state index is 2.52. The third-order valence-electron chi connectivity index (χ3n) is 4.58. The summed E-state index contributed by atoms with van der Waals surface area (Å²) in [7, 11) is 4.14. The smallest absolute Gasteiger partial charge is 0.0367 e. The largest absolute Gasteiger partial charge is 0.378 e. The van der Waals surface area contributed by atoms with Gasteiger partial charge in [0.25, 0.3) is 0 Å². The number of hydrogen-bond donors (Lipinski definition) is 0. The van der Waals surface area contributed by atoms with Crippen molar-refractivity contribution < 1.29 is 0 Å². The second-order valence-corrected chi connectivity index (χ2v) is 6.51. The van der Waals surface area contributed by atoms with Crippen LogP contribution in [0.5, 0.6) is 0 Å². The van der Waals surface area contributed by atoms with Crippen LogP contribution in [-0.2, 0) is 0 Å². The molecule has 3 rings (SSSR count). The SMILES string of the molecule is CN(C)c1ccc(C=CCN2CCN(c3ccccc3)CC2)cc1. The van der Waals surface area contributed by atoms with Crippen LogP contribution in [0.25, 0.3) is 6.08 Å². The molecule has 0 atom stereocenters. The number of piperazine rings is 1. The Morgan fingerprint density at radius 2 is 1.54 bits per heavy atom. The number of rotatable bonds is 5. The zero-order chi connectivity index (χ0) is 16.8. The first-order valence-corrected chi connectivity index (χ1v) is 8.69. The molecule has 0 saturated carbocycles. The minimum atomic E-state index is 1.03. The summed E-state index contributed by atoms with van der Waals surface area (Å²) in [4.78, 5) is 7.12. The molecule has 0 unspecified atom stereocenters. The van der Waals surface area contributed by atoms with Gasteiger partial charge in [-0.1, -0.05) is 42.5 Å².